The van der Waals surface area contributed by atoms with Crippen LogP contribution in [0.1, 0.15) is 12.6 Å². The average Bonchev–Trinajstić information content (AvgIpc) is 2.85. The van der Waals surface area contributed by atoms with Gasteiger partial charge in [-0.2, -0.15) is 0 Å². The molecule has 3 nitrogen and oxygen atoms in total. The van der Waals surface area contributed by atoms with Crippen LogP contribution in [-0.2, 0) is 6.42 Å². The van der Waals surface area contributed by atoms with Gasteiger partial charge in [-0.1, -0.05) is 36.7 Å². The second-order valence-corrected chi connectivity index (χ2v) is 5.25. The standard InChI is InChI=1S/C14H10BrClN2O/c1-2-10-12(15)13(16)18-14(17-10)9-7-19-11-6-4-3-5-8(9)11/h3-7H,2H2,1H3. The Morgan fingerprint density at radius 2 is 2.05 bits per heavy atom. The summed E-state index contributed by atoms with van der Waals surface area (Å²) in [5.74, 6) is 0.593. The first-order valence-corrected chi connectivity index (χ1v) is 7.06. The molecule has 2 aromatic heterocycles. The van der Waals surface area contributed by atoms with Gasteiger partial charge in [0.2, 0.25) is 0 Å². The zero-order valence-corrected chi connectivity index (χ0v) is 12.5. The summed E-state index contributed by atoms with van der Waals surface area (Å²) in [7, 11) is 0. The Morgan fingerprint density at radius 1 is 1.26 bits per heavy atom. The summed E-state index contributed by atoms with van der Waals surface area (Å²) in [4.78, 5) is 8.86. The summed E-state index contributed by atoms with van der Waals surface area (Å²) in [5, 5.41) is 1.41. The summed E-state index contributed by atoms with van der Waals surface area (Å²) in [6.45, 7) is 2.03. The van der Waals surface area contributed by atoms with E-state index in [1.807, 2.05) is 31.2 Å². The maximum absolute atomic E-state index is 6.14. The van der Waals surface area contributed by atoms with Crippen molar-refractivity contribution >= 4 is 38.5 Å². The average molecular weight is 338 g/mol. The number of hydrogen-bond donors (Lipinski definition) is 0. The first kappa shape index (κ1) is 12.6. The van der Waals surface area contributed by atoms with Crippen LogP contribution >= 0.6 is 27.5 Å². The number of furan rings is 1. The molecule has 3 rings (SSSR count). The molecule has 0 aliphatic rings. The van der Waals surface area contributed by atoms with Gasteiger partial charge in [-0.3, -0.25) is 0 Å². The molecule has 19 heavy (non-hydrogen) atoms. The van der Waals surface area contributed by atoms with Gasteiger partial charge < -0.3 is 4.42 Å². The first-order valence-electron chi connectivity index (χ1n) is 5.89. The van der Waals surface area contributed by atoms with Crippen LogP contribution in [0.5, 0.6) is 0 Å². The highest BCUT2D eigenvalue weighted by molar-refractivity contribution is 9.10. The summed E-state index contributed by atoms with van der Waals surface area (Å²) < 4.78 is 6.27. The van der Waals surface area contributed by atoms with Crippen molar-refractivity contribution < 1.29 is 4.42 Å². The zero-order chi connectivity index (χ0) is 13.4. The van der Waals surface area contributed by atoms with Crippen molar-refractivity contribution in [2.75, 3.05) is 0 Å². The van der Waals surface area contributed by atoms with Gasteiger partial charge in [0.1, 0.15) is 17.0 Å². The fourth-order valence-corrected chi connectivity index (χ4v) is 2.62. The predicted octanol–water partition coefficient (Wildman–Crippen LogP) is 4.87. The number of fused-ring (bicyclic) bond motifs is 1. The highest BCUT2D eigenvalue weighted by atomic mass is 79.9. The molecule has 96 valence electrons. The normalized spacial score (nSPS) is 11.1. The van der Waals surface area contributed by atoms with Crippen LogP contribution < -0.4 is 0 Å². The van der Waals surface area contributed by atoms with Crippen molar-refractivity contribution in [2.24, 2.45) is 0 Å². The van der Waals surface area contributed by atoms with E-state index >= 15 is 0 Å². The van der Waals surface area contributed by atoms with Crippen molar-refractivity contribution in [3.8, 4) is 11.4 Å². The number of rotatable bonds is 2. The summed E-state index contributed by atoms with van der Waals surface area (Å²) in [5.41, 5.74) is 2.57. The van der Waals surface area contributed by atoms with Crippen LogP contribution in [0, 0.1) is 0 Å². The third-order valence-electron chi connectivity index (χ3n) is 2.94. The van der Waals surface area contributed by atoms with E-state index in [-0.39, 0.29) is 0 Å². The van der Waals surface area contributed by atoms with Crippen molar-refractivity contribution in [1.82, 2.24) is 9.97 Å². The molecule has 3 aromatic rings. The van der Waals surface area contributed by atoms with Crippen molar-refractivity contribution in [1.29, 1.82) is 0 Å². The van der Waals surface area contributed by atoms with Gasteiger partial charge in [0.05, 0.1) is 15.7 Å². The minimum absolute atomic E-state index is 0.423. The minimum atomic E-state index is 0.423. The topological polar surface area (TPSA) is 38.9 Å². The molecule has 0 N–H and O–H groups in total. The molecular weight excluding hydrogens is 328 g/mol. The predicted molar refractivity (Wildman–Crippen MR) is 79.3 cm³/mol. The molecule has 5 heteroatoms. The number of para-hydroxylation sites is 1. The number of nitrogens with zero attached hydrogens (tertiary/aromatic N) is 2. The lowest BCUT2D eigenvalue weighted by Gasteiger charge is -2.05. The Bertz CT molecular complexity index is 754. The highest BCUT2D eigenvalue weighted by Gasteiger charge is 2.14. The Hall–Kier alpha value is -1.39. The third kappa shape index (κ3) is 2.15. The van der Waals surface area contributed by atoms with Crippen molar-refractivity contribution in [3.05, 3.63) is 45.8 Å². The number of aromatic nitrogens is 2. The molecule has 0 bridgehead atoms. The molecule has 1 aromatic carbocycles. The lowest BCUT2D eigenvalue weighted by Crippen LogP contribution is -1.97. The van der Waals surface area contributed by atoms with E-state index in [0.717, 1.165) is 33.1 Å². The van der Waals surface area contributed by atoms with Gasteiger partial charge in [-0.05, 0) is 28.4 Å². The molecule has 0 aliphatic heterocycles. The van der Waals surface area contributed by atoms with Gasteiger partial charge in [0.15, 0.2) is 5.82 Å². The molecule has 0 amide bonds. The second kappa shape index (κ2) is 4.94. The minimum Gasteiger partial charge on any atom is -0.464 e. The van der Waals surface area contributed by atoms with Crippen molar-refractivity contribution in [3.63, 3.8) is 0 Å². The lowest BCUT2D eigenvalue weighted by atomic mass is 10.1. The smallest absolute Gasteiger partial charge is 0.165 e. The fraction of sp³-hybridized carbons (Fsp3) is 0.143. The molecule has 0 saturated heterocycles. The number of halogens is 2. The Kier molecular flexibility index (Phi) is 3.29. The third-order valence-corrected chi connectivity index (χ3v) is 4.27. The van der Waals surface area contributed by atoms with E-state index in [1.165, 1.54) is 0 Å². The SMILES string of the molecule is CCc1nc(-c2coc3ccccc23)nc(Cl)c1Br. The van der Waals surface area contributed by atoms with E-state index in [4.69, 9.17) is 16.0 Å². The van der Waals surface area contributed by atoms with E-state index in [2.05, 4.69) is 25.9 Å². The summed E-state index contributed by atoms with van der Waals surface area (Å²) >= 11 is 9.54. The van der Waals surface area contributed by atoms with E-state index in [1.54, 1.807) is 6.26 Å². The molecule has 2 heterocycles. The molecule has 0 radical (unpaired) electrons. The fourth-order valence-electron chi connectivity index (χ4n) is 1.97. The second-order valence-electron chi connectivity index (χ2n) is 4.10. The van der Waals surface area contributed by atoms with Crippen molar-refractivity contribution in [2.45, 2.75) is 13.3 Å². The molecule has 0 saturated carbocycles. The van der Waals surface area contributed by atoms with E-state index in [0.29, 0.717) is 11.0 Å². The van der Waals surface area contributed by atoms with Crippen LogP contribution in [0.2, 0.25) is 5.15 Å². The van der Waals surface area contributed by atoms with Crippen LogP contribution in [-0.4, -0.2) is 9.97 Å². The molecular formula is C14H10BrClN2O. The quantitative estimate of drug-likeness (QED) is 0.626. The van der Waals surface area contributed by atoms with E-state index < -0.39 is 0 Å². The Balaban J connectivity index is 2.24. The number of hydrogen-bond acceptors (Lipinski definition) is 3. The van der Waals surface area contributed by atoms with Gasteiger partial charge >= 0.3 is 0 Å². The zero-order valence-electron chi connectivity index (χ0n) is 10.2. The van der Waals surface area contributed by atoms with Crippen LogP contribution in [0.4, 0.5) is 0 Å². The molecule has 0 atom stereocenters. The van der Waals surface area contributed by atoms with Gasteiger partial charge in [0.25, 0.3) is 0 Å². The monoisotopic (exact) mass is 336 g/mol. The van der Waals surface area contributed by atoms with Crippen LogP contribution in [0.3, 0.4) is 0 Å². The van der Waals surface area contributed by atoms with Crippen LogP contribution in [0.15, 0.2) is 39.4 Å². The Labute approximate surface area is 123 Å². The lowest BCUT2D eigenvalue weighted by molar-refractivity contribution is 0.616. The maximum atomic E-state index is 6.14. The summed E-state index contributed by atoms with van der Waals surface area (Å²) in [6.07, 6.45) is 2.45. The van der Waals surface area contributed by atoms with Crippen LogP contribution in [0.25, 0.3) is 22.4 Å². The van der Waals surface area contributed by atoms with Gasteiger partial charge in [0, 0.05) is 5.39 Å². The first-order chi connectivity index (χ1) is 9.20. The number of benzene rings is 1. The number of aryl methyl sites for hydroxylation is 1. The van der Waals surface area contributed by atoms with E-state index in [9.17, 15) is 0 Å². The largest absolute Gasteiger partial charge is 0.464 e. The Morgan fingerprint density at radius 3 is 2.84 bits per heavy atom. The molecule has 0 aliphatic carbocycles. The van der Waals surface area contributed by atoms with Gasteiger partial charge in [-0.25, -0.2) is 9.97 Å². The molecule has 0 fully saturated rings. The van der Waals surface area contributed by atoms with Gasteiger partial charge in [-0.15, -0.1) is 0 Å². The highest BCUT2D eigenvalue weighted by Crippen LogP contribution is 2.32. The molecule has 0 spiro atoms. The molecule has 0 unspecified atom stereocenters. The maximum Gasteiger partial charge on any atom is 0.165 e. The summed E-state index contributed by atoms with van der Waals surface area (Å²) in [6, 6.07) is 7.80.